The molecule has 0 amide bonds. The third-order valence-electron chi connectivity index (χ3n) is 3.92. The maximum atomic E-state index is 6.50. The summed E-state index contributed by atoms with van der Waals surface area (Å²) >= 11 is 1.63. The van der Waals surface area contributed by atoms with E-state index in [1.54, 1.807) is 11.3 Å². The van der Waals surface area contributed by atoms with Crippen LogP contribution in [0.1, 0.15) is 49.9 Å². The second kappa shape index (κ2) is 5.06. The van der Waals surface area contributed by atoms with Crippen LogP contribution in [0, 0.1) is 6.92 Å². The van der Waals surface area contributed by atoms with E-state index in [1.165, 1.54) is 18.4 Å². The van der Waals surface area contributed by atoms with Crippen LogP contribution in [0.25, 0.3) is 10.8 Å². The SMILES string of the molecule is Cc1ccsc1-c1nc(C2(N)CCCCCC2)no1. The number of rotatable bonds is 2. The Labute approximate surface area is 117 Å². The fourth-order valence-electron chi connectivity index (χ4n) is 2.69. The molecule has 0 bridgehead atoms. The maximum absolute atomic E-state index is 6.50. The van der Waals surface area contributed by atoms with Crippen LogP contribution in [0.15, 0.2) is 16.0 Å². The third kappa shape index (κ3) is 2.44. The lowest BCUT2D eigenvalue weighted by molar-refractivity contribution is 0.334. The summed E-state index contributed by atoms with van der Waals surface area (Å²) in [5.74, 6) is 1.29. The van der Waals surface area contributed by atoms with E-state index in [-0.39, 0.29) is 0 Å². The van der Waals surface area contributed by atoms with Crippen LogP contribution in [-0.4, -0.2) is 10.1 Å². The van der Waals surface area contributed by atoms with Gasteiger partial charge >= 0.3 is 0 Å². The van der Waals surface area contributed by atoms with Crippen LogP contribution in [0.4, 0.5) is 0 Å². The van der Waals surface area contributed by atoms with E-state index in [1.807, 2.05) is 5.38 Å². The van der Waals surface area contributed by atoms with Crippen molar-refractivity contribution in [3.05, 3.63) is 22.8 Å². The van der Waals surface area contributed by atoms with Crippen molar-refractivity contribution >= 4 is 11.3 Å². The molecule has 5 heteroatoms. The standard InChI is InChI=1S/C14H19N3OS/c1-10-6-9-19-11(10)12-16-13(17-18-12)14(15)7-4-2-3-5-8-14/h6,9H,2-5,7-8,15H2,1H3. The Balaban J connectivity index is 1.90. The summed E-state index contributed by atoms with van der Waals surface area (Å²) in [7, 11) is 0. The molecule has 102 valence electrons. The minimum Gasteiger partial charge on any atom is -0.333 e. The molecule has 4 nitrogen and oxygen atoms in total. The van der Waals surface area contributed by atoms with Crippen LogP contribution in [0.3, 0.4) is 0 Å². The maximum Gasteiger partial charge on any atom is 0.268 e. The van der Waals surface area contributed by atoms with Gasteiger partial charge in [-0.05, 0) is 36.8 Å². The lowest BCUT2D eigenvalue weighted by atomic mass is 9.91. The van der Waals surface area contributed by atoms with Crippen LogP contribution in [0.5, 0.6) is 0 Å². The van der Waals surface area contributed by atoms with Gasteiger partial charge in [-0.3, -0.25) is 0 Å². The van der Waals surface area contributed by atoms with Gasteiger partial charge in [0, 0.05) is 0 Å². The van der Waals surface area contributed by atoms with Gasteiger partial charge in [0.2, 0.25) is 0 Å². The topological polar surface area (TPSA) is 64.9 Å². The van der Waals surface area contributed by atoms with Crippen molar-refractivity contribution in [1.29, 1.82) is 0 Å². The van der Waals surface area contributed by atoms with Crippen molar-refractivity contribution in [2.24, 2.45) is 5.73 Å². The highest BCUT2D eigenvalue weighted by Crippen LogP contribution is 2.34. The Hall–Kier alpha value is -1.20. The summed E-state index contributed by atoms with van der Waals surface area (Å²) < 4.78 is 5.42. The first-order valence-corrected chi connectivity index (χ1v) is 7.74. The Kier molecular flexibility index (Phi) is 3.41. The molecule has 2 aromatic rings. The van der Waals surface area contributed by atoms with Gasteiger partial charge < -0.3 is 10.3 Å². The highest BCUT2D eigenvalue weighted by molar-refractivity contribution is 7.13. The van der Waals surface area contributed by atoms with E-state index in [9.17, 15) is 0 Å². The van der Waals surface area contributed by atoms with E-state index < -0.39 is 5.54 Å². The fourth-order valence-corrected chi connectivity index (χ4v) is 3.54. The molecule has 0 aromatic carbocycles. The Bertz CT molecular complexity index is 553. The van der Waals surface area contributed by atoms with E-state index in [4.69, 9.17) is 10.3 Å². The van der Waals surface area contributed by atoms with Crippen molar-refractivity contribution in [2.45, 2.75) is 51.0 Å². The van der Waals surface area contributed by atoms with E-state index >= 15 is 0 Å². The number of hydrogen-bond acceptors (Lipinski definition) is 5. The first-order valence-electron chi connectivity index (χ1n) is 6.87. The lowest BCUT2D eigenvalue weighted by Gasteiger charge is -2.23. The fraction of sp³-hybridized carbons (Fsp3) is 0.571. The largest absolute Gasteiger partial charge is 0.333 e. The number of thiophene rings is 1. The van der Waals surface area contributed by atoms with Crippen molar-refractivity contribution < 1.29 is 4.52 Å². The molecule has 1 aliphatic carbocycles. The summed E-state index contributed by atoms with van der Waals surface area (Å²) in [6.07, 6.45) is 6.73. The molecule has 0 unspecified atom stereocenters. The molecule has 2 heterocycles. The van der Waals surface area contributed by atoms with E-state index in [0.29, 0.717) is 11.7 Å². The Morgan fingerprint density at radius 2 is 2.00 bits per heavy atom. The minimum atomic E-state index is -0.399. The number of nitrogens with zero attached hydrogens (tertiary/aromatic N) is 2. The molecule has 0 spiro atoms. The van der Waals surface area contributed by atoms with Crippen LogP contribution in [-0.2, 0) is 5.54 Å². The number of aryl methyl sites for hydroxylation is 1. The molecule has 19 heavy (non-hydrogen) atoms. The average molecular weight is 277 g/mol. The Morgan fingerprint density at radius 1 is 1.26 bits per heavy atom. The summed E-state index contributed by atoms with van der Waals surface area (Å²) in [5, 5.41) is 6.19. The molecule has 0 saturated heterocycles. The first kappa shape index (κ1) is 12.8. The third-order valence-corrected chi connectivity index (χ3v) is 4.93. The average Bonchev–Trinajstić information content (AvgIpc) is 2.97. The molecular formula is C14H19N3OS. The molecule has 2 aromatic heterocycles. The zero-order chi connectivity index (χ0) is 13.3. The molecule has 0 radical (unpaired) electrons. The first-order chi connectivity index (χ1) is 9.19. The molecule has 0 atom stereocenters. The van der Waals surface area contributed by atoms with Gasteiger partial charge in [0.15, 0.2) is 5.82 Å². The van der Waals surface area contributed by atoms with Crippen molar-refractivity contribution in [3.63, 3.8) is 0 Å². The lowest BCUT2D eigenvalue weighted by Crippen LogP contribution is -2.37. The monoisotopic (exact) mass is 277 g/mol. The summed E-state index contributed by atoms with van der Waals surface area (Å²) in [4.78, 5) is 5.61. The minimum absolute atomic E-state index is 0.399. The molecule has 1 fully saturated rings. The van der Waals surface area contributed by atoms with Crippen LogP contribution < -0.4 is 5.73 Å². The molecule has 0 aliphatic heterocycles. The summed E-state index contributed by atoms with van der Waals surface area (Å²) in [6, 6.07) is 2.06. The zero-order valence-electron chi connectivity index (χ0n) is 11.2. The van der Waals surface area contributed by atoms with Crippen LogP contribution >= 0.6 is 11.3 Å². The van der Waals surface area contributed by atoms with Crippen molar-refractivity contribution in [2.75, 3.05) is 0 Å². The molecule has 1 aliphatic rings. The highest BCUT2D eigenvalue weighted by Gasteiger charge is 2.33. The van der Waals surface area contributed by atoms with E-state index in [0.717, 1.165) is 30.6 Å². The second-order valence-corrected chi connectivity index (χ2v) is 6.34. The van der Waals surface area contributed by atoms with Gasteiger partial charge in [-0.15, -0.1) is 11.3 Å². The predicted molar refractivity (Wildman–Crippen MR) is 75.9 cm³/mol. The van der Waals surface area contributed by atoms with Crippen molar-refractivity contribution in [1.82, 2.24) is 10.1 Å². The van der Waals surface area contributed by atoms with Gasteiger partial charge in [0.05, 0.1) is 10.4 Å². The van der Waals surface area contributed by atoms with E-state index in [2.05, 4.69) is 23.1 Å². The van der Waals surface area contributed by atoms with Crippen LogP contribution in [0.2, 0.25) is 0 Å². The van der Waals surface area contributed by atoms with Gasteiger partial charge in [-0.1, -0.05) is 30.8 Å². The Morgan fingerprint density at radius 3 is 2.63 bits per heavy atom. The number of nitrogens with two attached hydrogens (primary N) is 1. The molecule has 1 saturated carbocycles. The van der Waals surface area contributed by atoms with Gasteiger partial charge in [-0.2, -0.15) is 4.98 Å². The molecule has 2 N–H and O–H groups in total. The summed E-state index contributed by atoms with van der Waals surface area (Å²) in [5.41, 5.74) is 7.28. The smallest absolute Gasteiger partial charge is 0.268 e. The summed E-state index contributed by atoms with van der Waals surface area (Å²) in [6.45, 7) is 2.06. The molecule has 3 rings (SSSR count). The van der Waals surface area contributed by atoms with Gasteiger partial charge in [0.1, 0.15) is 0 Å². The quantitative estimate of drug-likeness (QED) is 0.851. The predicted octanol–water partition coefficient (Wildman–Crippen LogP) is 3.61. The highest BCUT2D eigenvalue weighted by atomic mass is 32.1. The van der Waals surface area contributed by atoms with Gasteiger partial charge in [-0.25, -0.2) is 0 Å². The normalized spacial score (nSPS) is 19.3. The number of aromatic nitrogens is 2. The zero-order valence-corrected chi connectivity index (χ0v) is 12.0. The number of hydrogen-bond donors (Lipinski definition) is 1. The molecular weight excluding hydrogens is 258 g/mol. The second-order valence-electron chi connectivity index (χ2n) is 5.43. The van der Waals surface area contributed by atoms with Crippen molar-refractivity contribution in [3.8, 4) is 10.8 Å². The van der Waals surface area contributed by atoms with Gasteiger partial charge in [0.25, 0.3) is 5.89 Å².